The number of nitrogens with zero attached hydrogens (tertiary/aromatic N) is 1. The van der Waals surface area contributed by atoms with Crippen LogP contribution < -0.4 is 0 Å². The molecule has 1 rings (SSSR count). The Kier molecular flexibility index (Phi) is 5.63. The fraction of sp³-hybridized carbons (Fsp3) is 0.533. The lowest BCUT2D eigenvalue weighted by Crippen LogP contribution is -1.95. The summed E-state index contributed by atoms with van der Waals surface area (Å²) >= 11 is 1.71. The van der Waals surface area contributed by atoms with Gasteiger partial charge in [-0.15, -0.1) is 11.3 Å². The summed E-state index contributed by atoms with van der Waals surface area (Å²) in [5, 5.41) is 3.26. The van der Waals surface area contributed by atoms with Gasteiger partial charge in [-0.25, -0.2) is 4.98 Å². The first kappa shape index (κ1) is 14.2. The Morgan fingerprint density at radius 3 is 2.71 bits per heavy atom. The van der Waals surface area contributed by atoms with Gasteiger partial charge < -0.3 is 0 Å². The second-order valence-electron chi connectivity index (χ2n) is 4.72. The predicted octanol–water partition coefficient (Wildman–Crippen LogP) is 5.24. The van der Waals surface area contributed by atoms with Gasteiger partial charge in [0.05, 0.1) is 10.7 Å². The van der Waals surface area contributed by atoms with Crippen molar-refractivity contribution in [3.63, 3.8) is 0 Å². The number of rotatable bonds is 5. The zero-order valence-corrected chi connectivity index (χ0v) is 12.4. The number of hydrogen-bond donors (Lipinski definition) is 0. The van der Waals surface area contributed by atoms with Crippen molar-refractivity contribution in [2.45, 2.75) is 47.5 Å². The van der Waals surface area contributed by atoms with Gasteiger partial charge in [-0.3, -0.25) is 0 Å². The van der Waals surface area contributed by atoms with Crippen molar-refractivity contribution in [3.8, 4) is 0 Å². The molecule has 0 spiro atoms. The highest BCUT2D eigenvalue weighted by atomic mass is 32.1. The van der Waals surface area contributed by atoms with Crippen molar-refractivity contribution >= 4 is 17.4 Å². The summed E-state index contributed by atoms with van der Waals surface area (Å²) in [6, 6.07) is 0. The second kappa shape index (κ2) is 6.75. The van der Waals surface area contributed by atoms with Crippen molar-refractivity contribution < 1.29 is 0 Å². The van der Waals surface area contributed by atoms with Crippen LogP contribution in [0.2, 0.25) is 0 Å². The lowest BCUT2D eigenvalue weighted by Gasteiger charge is -2.09. The summed E-state index contributed by atoms with van der Waals surface area (Å²) in [6.07, 6.45) is 6.85. The van der Waals surface area contributed by atoms with Crippen molar-refractivity contribution in [3.05, 3.63) is 33.3 Å². The van der Waals surface area contributed by atoms with E-state index in [-0.39, 0.29) is 0 Å². The number of aromatic nitrogens is 1. The summed E-state index contributed by atoms with van der Waals surface area (Å²) in [7, 11) is 0. The molecule has 0 fully saturated rings. The minimum absolute atomic E-state index is 0.596. The zero-order valence-electron chi connectivity index (χ0n) is 11.6. The standard InChI is InChI=1S/C15H23NS/c1-6-11(2)7-8-12(3)13(4)9-15-10-17-14(5)16-15/h7,9-10,12H,6,8H2,1-5H3/b11-7-,13-9+/t12-/m0/s1. The van der Waals surface area contributed by atoms with Gasteiger partial charge in [0.1, 0.15) is 0 Å². The van der Waals surface area contributed by atoms with Gasteiger partial charge in [-0.2, -0.15) is 0 Å². The summed E-state index contributed by atoms with van der Waals surface area (Å²) in [5.74, 6) is 0.596. The highest BCUT2D eigenvalue weighted by molar-refractivity contribution is 7.09. The third-order valence-corrected chi connectivity index (χ3v) is 3.96. The molecule has 0 N–H and O–H groups in total. The van der Waals surface area contributed by atoms with Crippen molar-refractivity contribution in [2.24, 2.45) is 5.92 Å². The summed E-state index contributed by atoms with van der Waals surface area (Å²) < 4.78 is 0. The summed E-state index contributed by atoms with van der Waals surface area (Å²) in [4.78, 5) is 4.47. The average Bonchev–Trinajstić information content (AvgIpc) is 2.70. The van der Waals surface area contributed by atoms with Crippen LogP contribution in [0, 0.1) is 12.8 Å². The molecule has 2 heteroatoms. The molecule has 1 aromatic rings. The van der Waals surface area contributed by atoms with Gasteiger partial charge in [-0.1, -0.05) is 31.1 Å². The van der Waals surface area contributed by atoms with E-state index in [9.17, 15) is 0 Å². The normalized spacial score (nSPS) is 15.1. The predicted molar refractivity (Wildman–Crippen MR) is 78.3 cm³/mol. The fourth-order valence-electron chi connectivity index (χ4n) is 1.53. The van der Waals surface area contributed by atoms with Crippen LogP contribution >= 0.6 is 11.3 Å². The Balaban J connectivity index is 2.63. The quantitative estimate of drug-likeness (QED) is 0.650. The number of hydrogen-bond acceptors (Lipinski definition) is 2. The highest BCUT2D eigenvalue weighted by Gasteiger charge is 2.04. The lowest BCUT2D eigenvalue weighted by molar-refractivity contribution is 0.695. The maximum atomic E-state index is 4.47. The Bertz CT molecular complexity index is 412. The molecular formula is C15H23NS. The first-order valence-electron chi connectivity index (χ1n) is 6.28. The molecule has 0 aliphatic heterocycles. The second-order valence-corrected chi connectivity index (χ2v) is 5.78. The van der Waals surface area contributed by atoms with E-state index in [1.54, 1.807) is 11.3 Å². The summed E-state index contributed by atoms with van der Waals surface area (Å²) in [6.45, 7) is 10.9. The molecule has 94 valence electrons. The van der Waals surface area contributed by atoms with Crippen LogP contribution in [0.25, 0.3) is 6.08 Å². The minimum atomic E-state index is 0.596. The highest BCUT2D eigenvalue weighted by Crippen LogP contribution is 2.20. The molecular weight excluding hydrogens is 226 g/mol. The van der Waals surface area contributed by atoms with Gasteiger partial charge in [0, 0.05) is 5.38 Å². The SMILES string of the molecule is CC/C(C)=C\C[C@H](C)/C(C)=C/c1csc(C)n1. The van der Waals surface area contributed by atoms with E-state index >= 15 is 0 Å². The van der Waals surface area contributed by atoms with Crippen LogP contribution in [-0.2, 0) is 0 Å². The largest absolute Gasteiger partial charge is 0.242 e. The van der Waals surface area contributed by atoms with E-state index in [0.29, 0.717) is 5.92 Å². The Morgan fingerprint density at radius 1 is 1.47 bits per heavy atom. The maximum absolute atomic E-state index is 4.47. The monoisotopic (exact) mass is 249 g/mol. The van der Waals surface area contributed by atoms with Crippen molar-refractivity contribution in [2.75, 3.05) is 0 Å². The van der Waals surface area contributed by atoms with Crippen LogP contribution in [0.3, 0.4) is 0 Å². The lowest BCUT2D eigenvalue weighted by atomic mass is 9.97. The van der Waals surface area contributed by atoms with Crippen LogP contribution in [0.15, 0.2) is 22.6 Å². The topological polar surface area (TPSA) is 12.9 Å². The molecule has 1 nitrogen and oxygen atoms in total. The average molecular weight is 249 g/mol. The van der Waals surface area contributed by atoms with Gasteiger partial charge in [0.25, 0.3) is 0 Å². The van der Waals surface area contributed by atoms with Crippen LogP contribution in [0.1, 0.15) is 51.2 Å². The molecule has 1 aromatic heterocycles. The number of allylic oxidation sites excluding steroid dienone is 3. The van der Waals surface area contributed by atoms with Crippen LogP contribution in [0.4, 0.5) is 0 Å². The molecule has 0 aliphatic carbocycles. The molecule has 0 bridgehead atoms. The molecule has 1 atom stereocenters. The Labute approximate surface area is 109 Å². The van der Waals surface area contributed by atoms with E-state index in [4.69, 9.17) is 0 Å². The summed E-state index contributed by atoms with van der Waals surface area (Å²) in [5.41, 5.74) is 4.00. The maximum Gasteiger partial charge on any atom is 0.0901 e. The number of aryl methyl sites for hydroxylation is 1. The minimum Gasteiger partial charge on any atom is -0.242 e. The van der Waals surface area contributed by atoms with Crippen molar-refractivity contribution in [1.82, 2.24) is 4.98 Å². The molecule has 17 heavy (non-hydrogen) atoms. The molecule has 0 radical (unpaired) electrons. The molecule has 1 heterocycles. The fourth-order valence-corrected chi connectivity index (χ4v) is 2.10. The molecule has 0 aliphatic rings. The first-order valence-corrected chi connectivity index (χ1v) is 7.16. The first-order chi connectivity index (χ1) is 8.02. The number of thiazole rings is 1. The molecule has 0 saturated carbocycles. The molecule has 0 amide bonds. The van der Waals surface area contributed by atoms with E-state index in [2.05, 4.69) is 50.2 Å². The van der Waals surface area contributed by atoms with E-state index in [0.717, 1.165) is 23.5 Å². The van der Waals surface area contributed by atoms with Gasteiger partial charge in [-0.05, 0) is 45.6 Å². The van der Waals surface area contributed by atoms with Crippen LogP contribution in [-0.4, -0.2) is 4.98 Å². The van der Waals surface area contributed by atoms with Gasteiger partial charge in [0.2, 0.25) is 0 Å². The molecule has 0 saturated heterocycles. The smallest absolute Gasteiger partial charge is 0.0901 e. The molecule has 0 unspecified atom stereocenters. The van der Waals surface area contributed by atoms with E-state index in [1.165, 1.54) is 11.1 Å². The van der Waals surface area contributed by atoms with Crippen molar-refractivity contribution in [1.29, 1.82) is 0 Å². The van der Waals surface area contributed by atoms with Crippen LogP contribution in [0.5, 0.6) is 0 Å². The Hall–Kier alpha value is -0.890. The zero-order chi connectivity index (χ0) is 12.8. The van der Waals surface area contributed by atoms with E-state index in [1.807, 2.05) is 6.92 Å². The van der Waals surface area contributed by atoms with E-state index < -0.39 is 0 Å². The molecule has 0 aromatic carbocycles. The third kappa shape index (κ3) is 4.86. The van der Waals surface area contributed by atoms with Gasteiger partial charge >= 0.3 is 0 Å². The van der Waals surface area contributed by atoms with Gasteiger partial charge in [0.15, 0.2) is 0 Å². The Morgan fingerprint density at radius 2 is 2.18 bits per heavy atom. The third-order valence-electron chi connectivity index (χ3n) is 3.17.